The third-order valence-corrected chi connectivity index (χ3v) is 6.32. The largest absolute Gasteiger partial charge is 0.487 e. The standard InChI is InChI=1S/C26H22ClF5N4O2/c1-13-7-22(36-11-17(29)10-33-36)18-5-4-6-23(24(18)34-13)38-12-20-19(8-16(28)9-21(20)27)15(3)35-25(37)14(2)26(30,31)32/h4-11,14-15H,12H2,1-3H3,(H,35,37)/t14?,15-/m0/s1. The number of hydrogen-bond donors (Lipinski definition) is 1. The summed E-state index contributed by atoms with van der Waals surface area (Å²) in [5, 5.41) is 6.87. The van der Waals surface area contributed by atoms with E-state index >= 15 is 0 Å². The van der Waals surface area contributed by atoms with E-state index in [-0.39, 0.29) is 22.8 Å². The number of aromatic nitrogens is 3. The summed E-state index contributed by atoms with van der Waals surface area (Å²) in [7, 11) is 0. The van der Waals surface area contributed by atoms with Gasteiger partial charge in [-0.15, -0.1) is 0 Å². The molecule has 0 spiro atoms. The number of amides is 1. The molecule has 0 saturated carbocycles. The van der Waals surface area contributed by atoms with Crippen LogP contribution in [0.15, 0.2) is 48.8 Å². The highest BCUT2D eigenvalue weighted by molar-refractivity contribution is 6.31. The molecule has 2 aromatic carbocycles. The molecule has 2 aromatic heterocycles. The van der Waals surface area contributed by atoms with Crippen LogP contribution in [0.1, 0.15) is 36.7 Å². The summed E-state index contributed by atoms with van der Waals surface area (Å²) in [5.74, 6) is -4.42. The molecule has 1 amide bonds. The zero-order valence-corrected chi connectivity index (χ0v) is 21.2. The van der Waals surface area contributed by atoms with E-state index in [4.69, 9.17) is 16.3 Å². The topological polar surface area (TPSA) is 69.0 Å². The van der Waals surface area contributed by atoms with Crippen LogP contribution in [0.25, 0.3) is 16.6 Å². The lowest BCUT2D eigenvalue weighted by atomic mass is 10.0. The van der Waals surface area contributed by atoms with Crippen LogP contribution in [0.3, 0.4) is 0 Å². The van der Waals surface area contributed by atoms with Gasteiger partial charge in [0.2, 0.25) is 5.91 Å². The van der Waals surface area contributed by atoms with Crippen LogP contribution in [0.5, 0.6) is 5.75 Å². The molecule has 0 aliphatic carbocycles. The van der Waals surface area contributed by atoms with Gasteiger partial charge in [-0.05, 0) is 50.6 Å². The number of benzene rings is 2. The van der Waals surface area contributed by atoms with Crippen molar-refractivity contribution in [1.29, 1.82) is 0 Å². The number of nitrogens with one attached hydrogen (secondary N) is 1. The molecule has 4 rings (SSSR count). The van der Waals surface area contributed by atoms with Crippen molar-refractivity contribution < 1.29 is 31.5 Å². The minimum absolute atomic E-state index is 0.0259. The molecule has 38 heavy (non-hydrogen) atoms. The number of aryl methyl sites for hydroxylation is 1. The Balaban J connectivity index is 1.66. The Bertz CT molecular complexity index is 1510. The maximum atomic E-state index is 14.2. The number of rotatable bonds is 7. The summed E-state index contributed by atoms with van der Waals surface area (Å²) in [4.78, 5) is 16.7. The summed E-state index contributed by atoms with van der Waals surface area (Å²) in [6.45, 7) is 3.71. The van der Waals surface area contributed by atoms with Crippen LogP contribution >= 0.6 is 11.6 Å². The summed E-state index contributed by atoms with van der Waals surface area (Å²) < 4.78 is 74.1. The van der Waals surface area contributed by atoms with E-state index in [1.165, 1.54) is 17.8 Å². The first-order chi connectivity index (χ1) is 17.8. The van der Waals surface area contributed by atoms with E-state index in [1.54, 1.807) is 31.2 Å². The van der Waals surface area contributed by atoms with Gasteiger partial charge in [0.25, 0.3) is 0 Å². The second kappa shape index (κ2) is 10.6. The van der Waals surface area contributed by atoms with Crippen molar-refractivity contribution in [3.8, 4) is 11.4 Å². The number of hydrogen-bond acceptors (Lipinski definition) is 4. The van der Waals surface area contributed by atoms with Crippen molar-refractivity contribution in [3.05, 3.63) is 82.3 Å². The average Bonchev–Trinajstić information content (AvgIpc) is 3.27. The van der Waals surface area contributed by atoms with E-state index in [0.717, 1.165) is 25.3 Å². The van der Waals surface area contributed by atoms with E-state index < -0.39 is 35.7 Å². The molecule has 0 aliphatic heterocycles. The van der Waals surface area contributed by atoms with Crippen LogP contribution in [0.4, 0.5) is 22.0 Å². The Morgan fingerprint density at radius 2 is 1.89 bits per heavy atom. The predicted octanol–water partition coefficient (Wildman–Crippen LogP) is 6.62. The fourth-order valence-corrected chi connectivity index (χ4v) is 4.21. The molecule has 2 heterocycles. The molecular weight excluding hydrogens is 531 g/mol. The fraction of sp³-hybridized carbons (Fsp3) is 0.269. The lowest BCUT2D eigenvalue weighted by Gasteiger charge is -2.22. The van der Waals surface area contributed by atoms with Crippen molar-refractivity contribution in [2.45, 2.75) is 39.6 Å². The van der Waals surface area contributed by atoms with Gasteiger partial charge in [-0.2, -0.15) is 18.3 Å². The first-order valence-corrected chi connectivity index (χ1v) is 11.8. The van der Waals surface area contributed by atoms with E-state index in [0.29, 0.717) is 28.0 Å². The molecule has 0 saturated heterocycles. The maximum Gasteiger partial charge on any atom is 0.400 e. The number of carbonyl (C=O) groups excluding carboxylic acids is 1. The van der Waals surface area contributed by atoms with Crippen LogP contribution < -0.4 is 10.1 Å². The quantitative estimate of drug-likeness (QED) is 0.262. The van der Waals surface area contributed by atoms with E-state index in [1.807, 2.05) is 0 Å². The summed E-state index contributed by atoms with van der Waals surface area (Å²) in [6, 6.07) is 7.98. The summed E-state index contributed by atoms with van der Waals surface area (Å²) >= 11 is 6.29. The van der Waals surface area contributed by atoms with Crippen molar-refractivity contribution in [2.24, 2.45) is 5.92 Å². The number of ether oxygens (including phenoxy) is 1. The Morgan fingerprint density at radius 1 is 1.16 bits per heavy atom. The molecule has 4 aromatic rings. The monoisotopic (exact) mass is 552 g/mol. The molecule has 200 valence electrons. The second-order valence-electron chi connectivity index (χ2n) is 8.78. The van der Waals surface area contributed by atoms with Crippen LogP contribution in [0, 0.1) is 24.5 Å². The number of pyridine rings is 1. The van der Waals surface area contributed by atoms with Crippen molar-refractivity contribution >= 4 is 28.4 Å². The zero-order chi connectivity index (χ0) is 27.8. The van der Waals surface area contributed by atoms with Crippen molar-refractivity contribution in [3.63, 3.8) is 0 Å². The van der Waals surface area contributed by atoms with Crippen LogP contribution in [-0.2, 0) is 11.4 Å². The number of nitrogens with zero attached hydrogens (tertiary/aromatic N) is 3. The minimum Gasteiger partial charge on any atom is -0.487 e. The van der Waals surface area contributed by atoms with Gasteiger partial charge in [0.05, 0.1) is 29.1 Å². The van der Waals surface area contributed by atoms with Gasteiger partial charge in [0, 0.05) is 16.6 Å². The minimum atomic E-state index is -4.73. The number of fused-ring (bicyclic) bond motifs is 1. The van der Waals surface area contributed by atoms with Gasteiger partial charge in [0.15, 0.2) is 5.82 Å². The van der Waals surface area contributed by atoms with Crippen molar-refractivity contribution in [2.75, 3.05) is 0 Å². The lowest BCUT2D eigenvalue weighted by Crippen LogP contribution is -2.39. The average molecular weight is 553 g/mol. The van der Waals surface area contributed by atoms with Crippen molar-refractivity contribution in [1.82, 2.24) is 20.1 Å². The number of halogens is 6. The second-order valence-corrected chi connectivity index (χ2v) is 9.18. The molecule has 1 unspecified atom stereocenters. The first-order valence-electron chi connectivity index (χ1n) is 11.4. The third kappa shape index (κ3) is 5.72. The van der Waals surface area contributed by atoms with Gasteiger partial charge in [0.1, 0.15) is 29.6 Å². The van der Waals surface area contributed by atoms with Gasteiger partial charge < -0.3 is 10.1 Å². The van der Waals surface area contributed by atoms with E-state index in [9.17, 15) is 26.7 Å². The molecule has 0 aliphatic rings. The molecule has 0 bridgehead atoms. The summed E-state index contributed by atoms with van der Waals surface area (Å²) in [6.07, 6.45) is -2.42. The lowest BCUT2D eigenvalue weighted by molar-refractivity contribution is -0.179. The molecule has 12 heteroatoms. The number of carbonyl (C=O) groups is 1. The zero-order valence-electron chi connectivity index (χ0n) is 20.4. The van der Waals surface area contributed by atoms with Gasteiger partial charge >= 0.3 is 6.18 Å². The first kappa shape index (κ1) is 27.3. The molecule has 6 nitrogen and oxygen atoms in total. The van der Waals surface area contributed by atoms with Crippen LogP contribution in [0.2, 0.25) is 5.02 Å². The van der Waals surface area contributed by atoms with Gasteiger partial charge in [-0.1, -0.05) is 23.7 Å². The molecule has 0 fully saturated rings. The highest BCUT2D eigenvalue weighted by Crippen LogP contribution is 2.33. The smallest absolute Gasteiger partial charge is 0.400 e. The number of para-hydroxylation sites is 1. The van der Waals surface area contributed by atoms with E-state index in [2.05, 4.69) is 15.4 Å². The van der Waals surface area contributed by atoms with Crippen LogP contribution in [-0.4, -0.2) is 26.8 Å². The molecule has 2 atom stereocenters. The Labute approximate surface area is 219 Å². The Hall–Kier alpha value is -3.73. The van der Waals surface area contributed by atoms with Gasteiger partial charge in [-0.25, -0.2) is 18.4 Å². The summed E-state index contributed by atoms with van der Waals surface area (Å²) in [5.41, 5.74) is 2.06. The molecule has 0 radical (unpaired) electrons. The SMILES string of the molecule is Cc1cc(-n2cc(F)cn2)c2cccc(OCc3c(Cl)cc(F)cc3[C@H](C)NC(=O)C(C)C(F)(F)F)c2n1. The third-order valence-electron chi connectivity index (χ3n) is 5.98. The van der Waals surface area contributed by atoms with Gasteiger partial charge in [-0.3, -0.25) is 4.79 Å². The Kier molecular flexibility index (Phi) is 7.59. The predicted molar refractivity (Wildman–Crippen MR) is 131 cm³/mol. The molecular formula is C26H22ClF5N4O2. The normalized spacial score (nSPS) is 13.4. The fourth-order valence-electron chi connectivity index (χ4n) is 3.94. The molecule has 1 N–H and O–H groups in total. The highest BCUT2D eigenvalue weighted by atomic mass is 35.5. The highest BCUT2D eigenvalue weighted by Gasteiger charge is 2.41. The number of alkyl halides is 3. The Morgan fingerprint density at radius 3 is 2.55 bits per heavy atom. The maximum absolute atomic E-state index is 14.2.